The maximum Gasteiger partial charge on any atom is 0.367 e. The minimum atomic E-state index is -2.35. The number of carbonyl (C=O) groups is 1. The largest absolute Gasteiger partial charge is 0.421 e. The Morgan fingerprint density at radius 3 is 2.52 bits per heavy atom. The molecule has 1 fully saturated rings. The molecule has 0 amide bonds. The third kappa shape index (κ3) is 2.00. The van der Waals surface area contributed by atoms with Gasteiger partial charge in [0.05, 0.1) is 6.61 Å². The van der Waals surface area contributed by atoms with Crippen LogP contribution in [0.1, 0.15) is 6.92 Å². The summed E-state index contributed by atoms with van der Waals surface area (Å²) in [7, 11) is 0. The molecule has 0 saturated carbocycles. The third-order valence-electron chi connectivity index (χ3n) is 3.44. The second-order valence-electron chi connectivity index (χ2n) is 4.65. The Hall–Kier alpha value is -2.01. The zero-order chi connectivity index (χ0) is 15.9. The Bertz CT molecular complexity index is 680. The van der Waals surface area contributed by atoms with Crippen molar-refractivity contribution in [3.05, 3.63) is 33.1 Å². The topological polar surface area (TPSA) is 151 Å². The number of nitrogens with zero attached hydrogens (tertiary/aromatic N) is 2. The van der Waals surface area contributed by atoms with E-state index in [2.05, 4.69) is 0 Å². The fourth-order valence-corrected chi connectivity index (χ4v) is 2.33. The van der Waals surface area contributed by atoms with Gasteiger partial charge in [0.25, 0.3) is 5.56 Å². The van der Waals surface area contributed by atoms with E-state index in [4.69, 9.17) is 9.84 Å². The van der Waals surface area contributed by atoms with Gasteiger partial charge in [0.2, 0.25) is 5.72 Å². The van der Waals surface area contributed by atoms with E-state index < -0.39 is 47.7 Å². The highest BCUT2D eigenvalue weighted by Gasteiger charge is 2.59. The van der Waals surface area contributed by atoms with Crippen LogP contribution < -0.4 is 11.2 Å². The number of hydrogen-bond donors (Lipinski definition) is 4. The molecule has 10 heteroatoms. The zero-order valence-corrected chi connectivity index (χ0v) is 10.9. The zero-order valence-electron chi connectivity index (χ0n) is 10.9. The highest BCUT2D eigenvalue weighted by Crippen LogP contribution is 2.35. The standard InChI is InChI=1S/C11H14N2O8/c1-5(15)11(9(18)8(17)6(4-14)21-11)12-3-2-7(16)13(20)10(12)19/h2-3,6,8-9,14,17-18,20H,4H2,1H3/t6-,8-,9-,11-/m1/s1. The van der Waals surface area contributed by atoms with E-state index in [0.717, 1.165) is 19.2 Å². The lowest BCUT2D eigenvalue weighted by Crippen LogP contribution is -2.57. The lowest BCUT2D eigenvalue weighted by molar-refractivity contribution is -0.174. The number of rotatable bonds is 3. The van der Waals surface area contributed by atoms with Crippen molar-refractivity contribution in [2.45, 2.75) is 31.0 Å². The van der Waals surface area contributed by atoms with Crippen LogP contribution in [0.25, 0.3) is 0 Å². The number of Topliss-reactive ketones (excluding diaryl/α,β-unsaturated/α-hetero) is 1. The molecule has 0 spiro atoms. The molecule has 1 aliphatic rings. The molecule has 21 heavy (non-hydrogen) atoms. The molecular formula is C11H14N2O8. The van der Waals surface area contributed by atoms with Crippen molar-refractivity contribution in [3.8, 4) is 0 Å². The number of carbonyl (C=O) groups excluding carboxylic acids is 1. The van der Waals surface area contributed by atoms with Gasteiger partial charge in [-0.1, -0.05) is 4.73 Å². The van der Waals surface area contributed by atoms with Crippen molar-refractivity contribution >= 4 is 5.78 Å². The van der Waals surface area contributed by atoms with Crippen molar-refractivity contribution in [2.75, 3.05) is 6.61 Å². The normalized spacial score (nSPS) is 32.3. The SMILES string of the molecule is CC(=O)[C@@]1(n2ccc(=O)n(O)c2=O)O[C@H](CO)[C@@H](O)[C@H]1O. The van der Waals surface area contributed by atoms with Gasteiger partial charge in [0.1, 0.15) is 18.3 Å². The molecule has 0 radical (unpaired) electrons. The van der Waals surface area contributed by atoms with Gasteiger partial charge in [-0.15, -0.1) is 0 Å². The van der Waals surface area contributed by atoms with Gasteiger partial charge in [-0.25, -0.2) is 4.79 Å². The van der Waals surface area contributed by atoms with E-state index in [9.17, 15) is 29.8 Å². The summed E-state index contributed by atoms with van der Waals surface area (Å²) in [6, 6.07) is 0.779. The van der Waals surface area contributed by atoms with Crippen molar-refractivity contribution in [1.29, 1.82) is 0 Å². The van der Waals surface area contributed by atoms with Crippen LogP contribution >= 0.6 is 0 Å². The molecule has 1 aromatic rings. The smallest absolute Gasteiger partial charge is 0.367 e. The Morgan fingerprint density at radius 2 is 2.05 bits per heavy atom. The Morgan fingerprint density at radius 1 is 1.43 bits per heavy atom. The first-order valence-corrected chi connectivity index (χ1v) is 5.97. The lowest BCUT2D eigenvalue weighted by atomic mass is 9.99. The molecule has 10 nitrogen and oxygen atoms in total. The number of aliphatic hydroxyl groups is 3. The van der Waals surface area contributed by atoms with Gasteiger partial charge in [0, 0.05) is 12.3 Å². The molecule has 0 aromatic carbocycles. The van der Waals surface area contributed by atoms with Crippen molar-refractivity contribution < 1.29 is 30.1 Å². The van der Waals surface area contributed by atoms with Crippen LogP contribution in [0.15, 0.2) is 21.9 Å². The van der Waals surface area contributed by atoms with Crippen LogP contribution in [-0.4, -0.2) is 60.5 Å². The maximum absolute atomic E-state index is 11.9. The maximum atomic E-state index is 11.9. The average Bonchev–Trinajstić information content (AvgIpc) is 2.70. The fraction of sp³-hybridized carbons (Fsp3) is 0.545. The van der Waals surface area contributed by atoms with Crippen LogP contribution in [0, 0.1) is 0 Å². The number of hydrogen-bond acceptors (Lipinski definition) is 8. The predicted octanol–water partition coefficient (Wildman–Crippen LogP) is -3.40. The van der Waals surface area contributed by atoms with Gasteiger partial charge in [-0.05, 0) is 6.92 Å². The van der Waals surface area contributed by atoms with Crippen LogP contribution in [0.3, 0.4) is 0 Å². The molecular weight excluding hydrogens is 288 g/mol. The second kappa shape index (κ2) is 5.07. The van der Waals surface area contributed by atoms with Crippen molar-refractivity contribution in [2.24, 2.45) is 0 Å². The second-order valence-corrected chi connectivity index (χ2v) is 4.65. The molecule has 0 unspecified atom stereocenters. The molecule has 4 N–H and O–H groups in total. The first kappa shape index (κ1) is 15.4. The summed E-state index contributed by atoms with van der Waals surface area (Å²) in [4.78, 5) is 35.0. The van der Waals surface area contributed by atoms with Gasteiger partial charge in [-0.3, -0.25) is 14.2 Å². The molecule has 0 bridgehead atoms. The summed E-state index contributed by atoms with van der Waals surface area (Å²) in [5.74, 6) is -0.856. The van der Waals surface area contributed by atoms with Crippen LogP contribution in [0.4, 0.5) is 0 Å². The first-order valence-electron chi connectivity index (χ1n) is 5.97. The minimum Gasteiger partial charge on any atom is -0.421 e. The van der Waals surface area contributed by atoms with E-state index >= 15 is 0 Å². The highest BCUT2D eigenvalue weighted by atomic mass is 16.6. The van der Waals surface area contributed by atoms with E-state index in [1.807, 2.05) is 0 Å². The third-order valence-corrected chi connectivity index (χ3v) is 3.44. The number of aromatic nitrogens is 2. The summed E-state index contributed by atoms with van der Waals surface area (Å²) in [5.41, 5.74) is -4.72. The van der Waals surface area contributed by atoms with Gasteiger partial charge < -0.3 is 25.3 Å². The molecule has 2 rings (SSSR count). The van der Waals surface area contributed by atoms with Crippen LogP contribution in [-0.2, 0) is 15.3 Å². The summed E-state index contributed by atoms with van der Waals surface area (Å²) in [5, 5.41) is 38.3. The van der Waals surface area contributed by atoms with Crippen molar-refractivity contribution in [3.63, 3.8) is 0 Å². The average molecular weight is 302 g/mol. The summed E-state index contributed by atoms with van der Waals surface area (Å²) < 4.78 is 5.42. The number of ketones is 1. The fourth-order valence-electron chi connectivity index (χ4n) is 2.33. The van der Waals surface area contributed by atoms with E-state index in [1.54, 1.807) is 0 Å². The summed E-state index contributed by atoms with van der Waals surface area (Å²) in [6.07, 6.45) is -3.96. The summed E-state index contributed by atoms with van der Waals surface area (Å²) in [6.45, 7) is 0.287. The molecule has 4 atom stereocenters. The molecule has 0 aliphatic carbocycles. The number of ether oxygens (including phenoxy) is 1. The molecule has 116 valence electrons. The van der Waals surface area contributed by atoms with E-state index in [-0.39, 0.29) is 4.73 Å². The first-order chi connectivity index (χ1) is 9.77. The Balaban J connectivity index is 2.72. The number of aliphatic hydroxyl groups excluding tert-OH is 3. The van der Waals surface area contributed by atoms with Gasteiger partial charge >= 0.3 is 5.69 Å². The van der Waals surface area contributed by atoms with E-state index in [0.29, 0.717) is 4.57 Å². The van der Waals surface area contributed by atoms with Crippen molar-refractivity contribution in [1.82, 2.24) is 9.30 Å². The monoisotopic (exact) mass is 302 g/mol. The predicted molar refractivity (Wildman–Crippen MR) is 64.8 cm³/mol. The quantitative estimate of drug-likeness (QED) is 0.422. The molecule has 1 aliphatic heterocycles. The van der Waals surface area contributed by atoms with Gasteiger partial charge in [0.15, 0.2) is 5.78 Å². The van der Waals surface area contributed by atoms with Gasteiger partial charge in [-0.2, -0.15) is 0 Å². The minimum absolute atomic E-state index is 0.264. The molecule has 2 heterocycles. The summed E-state index contributed by atoms with van der Waals surface area (Å²) >= 11 is 0. The molecule has 1 aromatic heterocycles. The Kier molecular flexibility index (Phi) is 3.72. The lowest BCUT2D eigenvalue weighted by Gasteiger charge is -2.31. The highest BCUT2D eigenvalue weighted by molar-refractivity contribution is 5.84. The molecule has 1 saturated heterocycles. The van der Waals surface area contributed by atoms with Crippen LogP contribution in [0.2, 0.25) is 0 Å². The van der Waals surface area contributed by atoms with Crippen LogP contribution in [0.5, 0.6) is 0 Å². The van der Waals surface area contributed by atoms with E-state index in [1.165, 1.54) is 0 Å². The Labute approximate surface area is 117 Å².